The summed E-state index contributed by atoms with van der Waals surface area (Å²) < 4.78 is 0. The number of carbonyl (C=O) groups is 2. The first-order valence-corrected chi connectivity index (χ1v) is 4.66. The molecule has 0 aliphatic heterocycles. The van der Waals surface area contributed by atoms with E-state index in [1.54, 1.807) is 0 Å². The van der Waals surface area contributed by atoms with Gasteiger partial charge in [-0.2, -0.15) is 4.99 Å². The highest BCUT2D eigenvalue weighted by Gasteiger charge is 2.16. The van der Waals surface area contributed by atoms with Crippen molar-refractivity contribution in [2.45, 2.75) is 12.2 Å². The molecule has 3 amide bonds. The molecular formula is C6H12N6O2S. The largest absolute Gasteiger partial charge is 0.370 e. The van der Waals surface area contributed by atoms with Crippen LogP contribution in [0.2, 0.25) is 0 Å². The molecule has 0 saturated carbocycles. The highest BCUT2D eigenvalue weighted by molar-refractivity contribution is 8.14. The molecule has 0 aromatic rings. The lowest BCUT2D eigenvalue weighted by molar-refractivity contribution is -0.119. The first-order chi connectivity index (χ1) is 6.82. The topological polar surface area (TPSA) is 160 Å². The summed E-state index contributed by atoms with van der Waals surface area (Å²) in [6, 6.07) is -0.944. The number of rotatable bonds is 2. The number of amides is 3. The van der Waals surface area contributed by atoms with Crippen LogP contribution in [0.5, 0.6) is 0 Å². The van der Waals surface area contributed by atoms with Crippen LogP contribution in [0.4, 0.5) is 4.79 Å². The van der Waals surface area contributed by atoms with Gasteiger partial charge in [-0.25, -0.2) is 4.79 Å². The van der Waals surface area contributed by atoms with Gasteiger partial charge in [-0.3, -0.25) is 15.5 Å². The van der Waals surface area contributed by atoms with Crippen molar-refractivity contribution in [1.82, 2.24) is 5.32 Å². The third-order valence-electron chi connectivity index (χ3n) is 1.13. The van der Waals surface area contributed by atoms with E-state index in [0.29, 0.717) is 0 Å². The number of nitrogens with one attached hydrogen (secondary N) is 2. The highest BCUT2D eigenvalue weighted by Crippen LogP contribution is 2.12. The predicted octanol–water partition coefficient (Wildman–Crippen LogP) is -1.49. The van der Waals surface area contributed by atoms with E-state index in [4.69, 9.17) is 22.6 Å². The van der Waals surface area contributed by atoms with E-state index in [1.807, 2.05) is 5.32 Å². The van der Waals surface area contributed by atoms with Crippen LogP contribution in [0.25, 0.3) is 0 Å². The lowest BCUT2D eigenvalue weighted by Crippen LogP contribution is -2.39. The highest BCUT2D eigenvalue weighted by atomic mass is 32.2. The van der Waals surface area contributed by atoms with Crippen LogP contribution >= 0.6 is 11.8 Å². The Hall–Kier alpha value is -1.77. The first-order valence-electron chi connectivity index (χ1n) is 3.78. The van der Waals surface area contributed by atoms with Crippen LogP contribution in [0.3, 0.4) is 0 Å². The Bertz CT molecular complexity index is 311. The van der Waals surface area contributed by atoms with Gasteiger partial charge in [-0.05, 0) is 6.92 Å². The van der Waals surface area contributed by atoms with E-state index in [0.717, 1.165) is 11.8 Å². The predicted molar refractivity (Wildman–Crippen MR) is 58.3 cm³/mol. The standard InChI is InChI=1S/C6H12N6O2S/c1-2(3(13)11-5(9)14)15-6(10)12-4(7)8/h2H,1H3,(H5,7,8,10,12)(H3,9,11,13,14). The SMILES string of the molecule is CC(SC(=N)N=C(N)N)C(=O)NC(N)=O. The molecule has 8 N–H and O–H groups in total. The van der Waals surface area contributed by atoms with Crippen molar-refractivity contribution in [3.05, 3.63) is 0 Å². The van der Waals surface area contributed by atoms with Gasteiger partial charge in [0.15, 0.2) is 11.1 Å². The summed E-state index contributed by atoms with van der Waals surface area (Å²) in [4.78, 5) is 24.9. The molecule has 0 radical (unpaired) electrons. The fourth-order valence-corrected chi connectivity index (χ4v) is 1.25. The van der Waals surface area contributed by atoms with Gasteiger partial charge in [0.2, 0.25) is 5.91 Å². The molecule has 0 aromatic heterocycles. The van der Waals surface area contributed by atoms with Crippen molar-refractivity contribution >= 4 is 34.8 Å². The molecule has 1 atom stereocenters. The maximum absolute atomic E-state index is 11.1. The monoisotopic (exact) mass is 232 g/mol. The zero-order valence-corrected chi connectivity index (χ0v) is 8.80. The Morgan fingerprint density at radius 2 is 1.93 bits per heavy atom. The fraction of sp³-hybridized carbons (Fsp3) is 0.333. The number of aliphatic imine (C=N–C) groups is 1. The maximum Gasteiger partial charge on any atom is 0.318 e. The van der Waals surface area contributed by atoms with Gasteiger partial charge in [-0.15, -0.1) is 0 Å². The van der Waals surface area contributed by atoms with Crippen LogP contribution in [-0.4, -0.2) is 28.3 Å². The lowest BCUT2D eigenvalue weighted by atomic mass is 10.4. The smallest absolute Gasteiger partial charge is 0.318 e. The number of amidine groups is 1. The Morgan fingerprint density at radius 1 is 1.40 bits per heavy atom. The van der Waals surface area contributed by atoms with Crippen molar-refractivity contribution < 1.29 is 9.59 Å². The number of imide groups is 1. The minimum absolute atomic E-state index is 0.220. The summed E-state index contributed by atoms with van der Waals surface area (Å²) in [5.74, 6) is -0.877. The van der Waals surface area contributed by atoms with Gasteiger partial charge in [-0.1, -0.05) is 11.8 Å². The number of guanidine groups is 1. The van der Waals surface area contributed by atoms with Gasteiger partial charge < -0.3 is 17.2 Å². The third kappa shape index (κ3) is 6.32. The Morgan fingerprint density at radius 3 is 2.33 bits per heavy atom. The van der Waals surface area contributed by atoms with E-state index in [2.05, 4.69) is 4.99 Å². The molecule has 84 valence electrons. The van der Waals surface area contributed by atoms with Crippen LogP contribution < -0.4 is 22.5 Å². The first kappa shape index (κ1) is 13.2. The van der Waals surface area contributed by atoms with Gasteiger partial charge >= 0.3 is 6.03 Å². The summed E-state index contributed by atoms with van der Waals surface area (Å²) in [5, 5.41) is 8.21. The summed E-state index contributed by atoms with van der Waals surface area (Å²) in [6.45, 7) is 1.49. The maximum atomic E-state index is 11.1. The van der Waals surface area contributed by atoms with E-state index >= 15 is 0 Å². The molecule has 0 aliphatic rings. The molecule has 0 bridgehead atoms. The molecule has 0 aromatic carbocycles. The summed E-state index contributed by atoms with van der Waals surface area (Å²) in [6.07, 6.45) is 0. The van der Waals surface area contributed by atoms with E-state index in [-0.39, 0.29) is 11.1 Å². The number of hydrogen-bond acceptors (Lipinski definition) is 4. The number of thioether (sulfide) groups is 1. The zero-order chi connectivity index (χ0) is 12.0. The van der Waals surface area contributed by atoms with Gasteiger partial charge in [0, 0.05) is 0 Å². The average molecular weight is 232 g/mol. The second-order valence-corrected chi connectivity index (χ2v) is 3.78. The number of primary amides is 1. The third-order valence-corrected chi connectivity index (χ3v) is 2.02. The summed E-state index contributed by atoms with van der Waals surface area (Å²) >= 11 is 0.794. The Labute approximate surface area is 90.2 Å². The van der Waals surface area contributed by atoms with Crippen LogP contribution in [0.15, 0.2) is 4.99 Å². The van der Waals surface area contributed by atoms with Gasteiger partial charge in [0.25, 0.3) is 0 Å². The molecule has 0 spiro atoms. The van der Waals surface area contributed by atoms with E-state index in [9.17, 15) is 9.59 Å². The second kappa shape index (κ2) is 5.86. The average Bonchev–Trinajstić information content (AvgIpc) is 2.00. The van der Waals surface area contributed by atoms with E-state index in [1.165, 1.54) is 6.92 Å². The quantitative estimate of drug-likeness (QED) is 0.289. The molecule has 0 saturated heterocycles. The molecule has 8 nitrogen and oxygen atoms in total. The Balaban J connectivity index is 4.19. The number of nitrogens with zero attached hydrogens (tertiary/aromatic N) is 1. The minimum Gasteiger partial charge on any atom is -0.370 e. The number of urea groups is 1. The number of nitrogens with two attached hydrogens (primary N) is 3. The van der Waals surface area contributed by atoms with E-state index < -0.39 is 17.2 Å². The number of hydrogen-bond donors (Lipinski definition) is 5. The molecule has 9 heteroatoms. The molecule has 1 unspecified atom stereocenters. The number of carbonyl (C=O) groups excluding carboxylic acids is 2. The summed E-state index contributed by atoms with van der Waals surface area (Å²) in [5.41, 5.74) is 14.8. The molecule has 0 rings (SSSR count). The molecule has 0 heterocycles. The molecule has 15 heavy (non-hydrogen) atoms. The fourth-order valence-electron chi connectivity index (χ4n) is 0.588. The molecule has 0 aliphatic carbocycles. The van der Waals surface area contributed by atoms with Crippen molar-refractivity contribution in [3.8, 4) is 0 Å². The van der Waals surface area contributed by atoms with Crippen LogP contribution in [0.1, 0.15) is 6.92 Å². The van der Waals surface area contributed by atoms with Crippen molar-refractivity contribution in [3.63, 3.8) is 0 Å². The van der Waals surface area contributed by atoms with Crippen LogP contribution in [-0.2, 0) is 4.79 Å². The van der Waals surface area contributed by atoms with Crippen molar-refractivity contribution in [2.75, 3.05) is 0 Å². The second-order valence-electron chi connectivity index (χ2n) is 2.46. The van der Waals surface area contributed by atoms with Gasteiger partial charge in [0.1, 0.15) is 0 Å². The van der Waals surface area contributed by atoms with Gasteiger partial charge in [0.05, 0.1) is 5.25 Å². The normalized spacial score (nSPS) is 11.3. The lowest BCUT2D eigenvalue weighted by Gasteiger charge is -2.07. The Kier molecular flexibility index (Phi) is 5.16. The van der Waals surface area contributed by atoms with Crippen molar-refractivity contribution in [2.24, 2.45) is 22.2 Å². The molecule has 0 fully saturated rings. The molecular weight excluding hydrogens is 220 g/mol. The van der Waals surface area contributed by atoms with Crippen LogP contribution in [0, 0.1) is 5.41 Å². The minimum atomic E-state index is -0.944. The zero-order valence-electron chi connectivity index (χ0n) is 7.98. The van der Waals surface area contributed by atoms with Crippen molar-refractivity contribution in [1.29, 1.82) is 5.41 Å². The summed E-state index contributed by atoms with van der Waals surface area (Å²) in [7, 11) is 0.